The molecule has 0 spiro atoms. The van der Waals surface area contributed by atoms with E-state index in [0.717, 1.165) is 34.0 Å². The molecule has 0 saturated carbocycles. The Kier molecular flexibility index (Phi) is 7.20. The van der Waals surface area contributed by atoms with Crippen LogP contribution in [-0.2, 0) is 16.1 Å². The average Bonchev–Trinajstić information content (AvgIpc) is 3.13. The molecule has 3 aromatic carbocycles. The minimum Gasteiger partial charge on any atom is -0.352 e. The van der Waals surface area contributed by atoms with Crippen molar-refractivity contribution in [1.82, 2.24) is 10.2 Å². The van der Waals surface area contributed by atoms with Crippen molar-refractivity contribution in [3.63, 3.8) is 0 Å². The van der Waals surface area contributed by atoms with Gasteiger partial charge in [-0.05, 0) is 49.8 Å². The molecule has 0 aliphatic carbocycles. The Bertz CT molecular complexity index is 1250. The minimum atomic E-state index is -0.631. The highest BCUT2D eigenvalue weighted by Crippen LogP contribution is 2.37. The van der Waals surface area contributed by atoms with Crippen molar-refractivity contribution in [3.05, 3.63) is 77.4 Å². The Hall–Kier alpha value is -3.67. The maximum absolute atomic E-state index is 13.8. The van der Waals surface area contributed by atoms with Gasteiger partial charge in [0.1, 0.15) is 12.6 Å². The fourth-order valence-electron chi connectivity index (χ4n) is 4.61. The summed E-state index contributed by atoms with van der Waals surface area (Å²) >= 11 is 0. The second kappa shape index (κ2) is 10.3. The number of nitrogens with one attached hydrogen (secondary N) is 1. The van der Waals surface area contributed by atoms with Crippen LogP contribution in [0.25, 0.3) is 10.8 Å². The van der Waals surface area contributed by atoms with E-state index in [-0.39, 0.29) is 30.3 Å². The van der Waals surface area contributed by atoms with Gasteiger partial charge in [-0.1, -0.05) is 67.9 Å². The first-order chi connectivity index (χ1) is 16.8. The average molecular weight is 472 g/mol. The van der Waals surface area contributed by atoms with Gasteiger partial charge >= 0.3 is 0 Å². The first kappa shape index (κ1) is 24.5. The molecule has 1 aliphatic heterocycles. The van der Waals surface area contributed by atoms with E-state index < -0.39 is 6.04 Å². The van der Waals surface area contributed by atoms with Crippen molar-refractivity contribution in [3.8, 4) is 0 Å². The van der Waals surface area contributed by atoms with Crippen LogP contribution in [0.4, 0.5) is 5.69 Å². The summed E-state index contributed by atoms with van der Waals surface area (Å²) in [5, 5.41) is 4.88. The Morgan fingerprint density at radius 3 is 2.31 bits per heavy atom. The molecule has 1 N–H and O–H groups in total. The van der Waals surface area contributed by atoms with Crippen LogP contribution < -0.4 is 10.2 Å². The number of carbonyl (C=O) groups excluding carboxylic acids is 3. The molecule has 182 valence electrons. The molecule has 6 nitrogen and oxygen atoms in total. The molecule has 0 aromatic heterocycles. The van der Waals surface area contributed by atoms with Crippen LogP contribution in [0.5, 0.6) is 0 Å². The normalized spacial score (nSPS) is 14.2. The molecule has 1 aliphatic rings. The first-order valence-corrected chi connectivity index (χ1v) is 12.3. The van der Waals surface area contributed by atoms with E-state index in [9.17, 15) is 14.4 Å². The van der Waals surface area contributed by atoms with E-state index in [1.165, 1.54) is 0 Å². The van der Waals surface area contributed by atoms with Gasteiger partial charge in [-0.2, -0.15) is 0 Å². The van der Waals surface area contributed by atoms with Gasteiger partial charge in [0.05, 0.1) is 5.69 Å². The Morgan fingerprint density at radius 2 is 1.66 bits per heavy atom. The number of hydrogen-bond acceptors (Lipinski definition) is 3. The fourth-order valence-corrected chi connectivity index (χ4v) is 4.61. The van der Waals surface area contributed by atoms with Crippen molar-refractivity contribution in [2.75, 3.05) is 11.4 Å². The second-order valence-corrected chi connectivity index (χ2v) is 9.32. The van der Waals surface area contributed by atoms with Gasteiger partial charge in [0, 0.05) is 23.5 Å². The van der Waals surface area contributed by atoms with Gasteiger partial charge in [-0.25, -0.2) is 0 Å². The summed E-state index contributed by atoms with van der Waals surface area (Å²) in [6, 6.07) is 18.7. The van der Waals surface area contributed by atoms with Crippen molar-refractivity contribution < 1.29 is 14.4 Å². The Morgan fingerprint density at radius 1 is 0.971 bits per heavy atom. The molecule has 4 rings (SSSR count). The van der Waals surface area contributed by atoms with Crippen molar-refractivity contribution >= 4 is 34.2 Å². The van der Waals surface area contributed by atoms with Gasteiger partial charge < -0.3 is 10.2 Å². The van der Waals surface area contributed by atoms with Crippen LogP contribution in [0.15, 0.2) is 60.7 Å². The largest absolute Gasteiger partial charge is 0.352 e. The monoisotopic (exact) mass is 471 g/mol. The van der Waals surface area contributed by atoms with Gasteiger partial charge in [0.25, 0.3) is 5.91 Å². The van der Waals surface area contributed by atoms with Gasteiger partial charge in [0.2, 0.25) is 11.8 Å². The highest BCUT2D eigenvalue weighted by molar-refractivity contribution is 6.26. The molecule has 3 aromatic rings. The molecule has 0 bridgehead atoms. The van der Waals surface area contributed by atoms with Crippen LogP contribution in [0.1, 0.15) is 55.1 Å². The molecule has 0 fully saturated rings. The van der Waals surface area contributed by atoms with Crippen LogP contribution in [0.2, 0.25) is 0 Å². The number of rotatable bonds is 9. The third-order valence-electron chi connectivity index (χ3n) is 6.80. The van der Waals surface area contributed by atoms with Crippen LogP contribution in [-0.4, -0.2) is 41.2 Å². The molecular formula is C29H33N3O3. The van der Waals surface area contributed by atoms with E-state index in [2.05, 4.69) is 5.32 Å². The molecule has 0 saturated heterocycles. The van der Waals surface area contributed by atoms with Gasteiger partial charge in [-0.15, -0.1) is 0 Å². The maximum Gasteiger partial charge on any atom is 0.259 e. The van der Waals surface area contributed by atoms with E-state index >= 15 is 0 Å². The van der Waals surface area contributed by atoms with E-state index in [1.54, 1.807) is 15.9 Å². The maximum atomic E-state index is 13.8. The number of aryl methyl sites for hydroxylation is 1. The van der Waals surface area contributed by atoms with Gasteiger partial charge in [-0.3, -0.25) is 19.3 Å². The lowest BCUT2D eigenvalue weighted by molar-refractivity contribution is -0.140. The number of benzene rings is 3. The van der Waals surface area contributed by atoms with Crippen molar-refractivity contribution in [2.24, 2.45) is 0 Å². The van der Waals surface area contributed by atoms with E-state index in [1.807, 2.05) is 82.3 Å². The standard InChI is InChI=1S/C29H33N3O3/c1-5-20(4)30-28(34)24(6-2)31(17-21-15-13-19(3)14-16-21)26(33)18-32-25-12-8-10-22-9-7-11-23(27(22)25)29(32)35/h7-16,20,24H,5-6,17-18H2,1-4H3,(H,30,34)/t20-,24-/m1/s1. The number of anilines is 1. The molecule has 2 atom stereocenters. The number of nitrogens with zero attached hydrogens (tertiary/aromatic N) is 2. The molecule has 6 heteroatoms. The molecule has 0 unspecified atom stereocenters. The second-order valence-electron chi connectivity index (χ2n) is 9.32. The molecule has 0 radical (unpaired) electrons. The number of amides is 3. The summed E-state index contributed by atoms with van der Waals surface area (Å²) in [4.78, 5) is 43.4. The van der Waals surface area contributed by atoms with Crippen LogP contribution in [0.3, 0.4) is 0 Å². The summed E-state index contributed by atoms with van der Waals surface area (Å²) in [6.45, 7) is 8.07. The third kappa shape index (κ3) is 4.92. The Balaban J connectivity index is 1.64. The molecular weight excluding hydrogens is 438 g/mol. The molecule has 3 amide bonds. The first-order valence-electron chi connectivity index (χ1n) is 12.3. The summed E-state index contributed by atoms with van der Waals surface area (Å²) in [5.74, 6) is -0.604. The van der Waals surface area contributed by atoms with Crippen molar-refractivity contribution in [2.45, 2.75) is 59.2 Å². The quantitative estimate of drug-likeness (QED) is 0.486. The SMILES string of the molecule is CC[C@@H](C)NC(=O)[C@@H](CC)N(Cc1ccc(C)cc1)C(=O)CN1C(=O)c2cccc3cccc1c23. The highest BCUT2D eigenvalue weighted by Gasteiger charge is 2.35. The van der Waals surface area contributed by atoms with Crippen LogP contribution >= 0.6 is 0 Å². The predicted molar refractivity (Wildman–Crippen MR) is 139 cm³/mol. The van der Waals surface area contributed by atoms with E-state index in [0.29, 0.717) is 18.5 Å². The lowest BCUT2D eigenvalue weighted by Gasteiger charge is -2.33. The topological polar surface area (TPSA) is 69.7 Å². The number of carbonyl (C=O) groups is 3. The van der Waals surface area contributed by atoms with Gasteiger partial charge in [0.15, 0.2) is 0 Å². The third-order valence-corrected chi connectivity index (χ3v) is 6.80. The summed E-state index contributed by atoms with van der Waals surface area (Å²) < 4.78 is 0. The lowest BCUT2D eigenvalue weighted by atomic mass is 10.1. The zero-order chi connectivity index (χ0) is 25.1. The summed E-state index contributed by atoms with van der Waals surface area (Å²) in [6.07, 6.45) is 1.28. The number of hydrogen-bond donors (Lipinski definition) is 1. The lowest BCUT2D eigenvalue weighted by Crippen LogP contribution is -2.53. The van der Waals surface area contributed by atoms with E-state index in [4.69, 9.17) is 0 Å². The molecule has 35 heavy (non-hydrogen) atoms. The minimum absolute atomic E-state index is 0.0140. The highest BCUT2D eigenvalue weighted by atomic mass is 16.2. The van der Waals surface area contributed by atoms with Crippen molar-refractivity contribution in [1.29, 1.82) is 0 Å². The Labute approximate surface area is 206 Å². The predicted octanol–water partition coefficient (Wildman–Crippen LogP) is 4.83. The molecule has 1 heterocycles. The summed E-state index contributed by atoms with van der Waals surface area (Å²) in [5.41, 5.74) is 3.42. The summed E-state index contributed by atoms with van der Waals surface area (Å²) in [7, 11) is 0. The smallest absolute Gasteiger partial charge is 0.259 e. The zero-order valence-corrected chi connectivity index (χ0v) is 20.9. The zero-order valence-electron chi connectivity index (χ0n) is 20.9. The van der Waals surface area contributed by atoms with Crippen LogP contribution in [0, 0.1) is 6.92 Å². The fraction of sp³-hybridized carbons (Fsp3) is 0.345.